The minimum absolute atomic E-state index is 0. The number of halogens is 5. The van der Waals surface area contributed by atoms with Crippen LogP contribution in [-0.2, 0) is 6.42 Å². The van der Waals surface area contributed by atoms with Crippen LogP contribution in [0.25, 0.3) is 0 Å². The van der Waals surface area contributed by atoms with Crippen molar-refractivity contribution in [1.29, 1.82) is 0 Å². The van der Waals surface area contributed by atoms with E-state index in [1.165, 1.54) is 0 Å². The number of aromatic hydroxyl groups is 1. The molecule has 0 heterocycles. The van der Waals surface area contributed by atoms with Crippen molar-refractivity contribution in [3.05, 3.63) is 28.2 Å². The highest BCUT2D eigenvalue weighted by Gasteiger charge is 2.12. The van der Waals surface area contributed by atoms with Crippen LogP contribution in [0.5, 0.6) is 5.75 Å². The molecule has 0 fully saturated rings. The first-order chi connectivity index (χ1) is 9.67. The molecule has 0 radical (unpaired) electrons. The third-order valence-corrected chi connectivity index (χ3v) is 3.55. The van der Waals surface area contributed by atoms with E-state index in [0.29, 0.717) is 24.8 Å². The number of hydrogen-bond acceptors (Lipinski definition) is 5. The molecule has 146 valence electrons. The number of nitrogens with two attached hydrogens (primary N) is 2. The van der Waals surface area contributed by atoms with Gasteiger partial charge in [0, 0.05) is 30.7 Å². The summed E-state index contributed by atoms with van der Waals surface area (Å²) in [5.41, 5.74) is 11.9. The smallest absolute Gasteiger partial charge is 0.118 e. The van der Waals surface area contributed by atoms with Crippen LogP contribution in [-0.4, -0.2) is 44.4 Å². The Bertz CT molecular complexity index is 395. The van der Waals surface area contributed by atoms with Crippen molar-refractivity contribution in [2.24, 2.45) is 17.4 Å². The Balaban J connectivity index is -0.000000500. The topological polar surface area (TPSA) is 96.3 Å². The van der Waals surface area contributed by atoms with Gasteiger partial charge in [0.1, 0.15) is 5.75 Å². The van der Waals surface area contributed by atoms with Gasteiger partial charge in [-0.2, -0.15) is 0 Å². The van der Waals surface area contributed by atoms with E-state index in [0.717, 1.165) is 42.6 Å². The number of phenolic OH excluding ortho intramolecular Hbond substituents is 1. The average molecular weight is 491 g/mol. The minimum atomic E-state index is 0. The van der Waals surface area contributed by atoms with Crippen molar-refractivity contribution in [3.8, 4) is 5.75 Å². The van der Waals surface area contributed by atoms with Gasteiger partial charge in [-0.25, -0.2) is 0 Å². The van der Waals surface area contributed by atoms with Crippen molar-refractivity contribution in [1.82, 2.24) is 10.6 Å². The number of rotatable bonds is 10. The zero-order chi connectivity index (χ0) is 14.8. The van der Waals surface area contributed by atoms with Crippen LogP contribution >= 0.6 is 65.6 Å². The van der Waals surface area contributed by atoms with E-state index < -0.39 is 0 Å². The molecule has 0 aliphatic rings. The first-order valence-electron chi connectivity index (χ1n) is 6.96. The second kappa shape index (κ2) is 19.8. The minimum Gasteiger partial charge on any atom is -0.508 e. The summed E-state index contributed by atoms with van der Waals surface area (Å²) in [5, 5.41) is 16.6. The molecule has 1 aromatic rings. The largest absolute Gasteiger partial charge is 0.508 e. The van der Waals surface area contributed by atoms with Gasteiger partial charge in [-0.3, -0.25) is 0 Å². The molecule has 5 nitrogen and oxygen atoms in total. The highest BCUT2D eigenvalue weighted by atomic mass is 79.9. The zero-order valence-electron chi connectivity index (χ0n) is 13.4. The molecule has 0 saturated heterocycles. The standard InChI is InChI=1S/C14H25BrN4O.4ClH/c15-13-1-2-14(20)12(8-13)7-11(9-18-5-3-16)10-19-6-4-17;;;;/h1-2,8,11,18-20H,3-7,9-10,16-17H2;4*1H. The number of nitrogens with one attached hydrogen (secondary N) is 2. The molecular formula is C14H29BrCl4N4O. The first kappa shape index (κ1) is 32.2. The van der Waals surface area contributed by atoms with Crippen LogP contribution in [0.1, 0.15) is 5.56 Å². The fraction of sp³-hybridized carbons (Fsp3) is 0.571. The van der Waals surface area contributed by atoms with Gasteiger partial charge in [-0.1, -0.05) is 15.9 Å². The lowest BCUT2D eigenvalue weighted by atomic mass is 9.98. The summed E-state index contributed by atoms with van der Waals surface area (Å²) in [6.07, 6.45) is 0.806. The Labute approximate surface area is 177 Å². The molecule has 1 rings (SSSR count). The molecule has 0 aliphatic heterocycles. The Morgan fingerprint density at radius 3 is 1.92 bits per heavy atom. The summed E-state index contributed by atoms with van der Waals surface area (Å²) in [7, 11) is 0. The molecule has 0 bridgehead atoms. The van der Waals surface area contributed by atoms with Crippen molar-refractivity contribution in [3.63, 3.8) is 0 Å². The fourth-order valence-electron chi connectivity index (χ4n) is 2.06. The maximum Gasteiger partial charge on any atom is 0.118 e. The molecule has 0 saturated carbocycles. The van der Waals surface area contributed by atoms with Gasteiger partial charge < -0.3 is 27.2 Å². The van der Waals surface area contributed by atoms with Crippen molar-refractivity contribution < 1.29 is 5.11 Å². The fourth-order valence-corrected chi connectivity index (χ4v) is 2.47. The zero-order valence-corrected chi connectivity index (χ0v) is 18.2. The number of hydrogen-bond donors (Lipinski definition) is 5. The van der Waals surface area contributed by atoms with Crippen molar-refractivity contribution >= 4 is 65.6 Å². The Hall–Kier alpha value is 0.500. The van der Waals surface area contributed by atoms with Crippen LogP contribution < -0.4 is 22.1 Å². The molecular weight excluding hydrogens is 462 g/mol. The molecule has 0 spiro atoms. The van der Waals surface area contributed by atoms with E-state index in [1.807, 2.05) is 12.1 Å². The summed E-state index contributed by atoms with van der Waals surface area (Å²) in [6, 6.07) is 5.53. The quantitative estimate of drug-likeness (QED) is 0.324. The molecule has 1 aromatic carbocycles. The van der Waals surface area contributed by atoms with Gasteiger partial charge >= 0.3 is 0 Å². The predicted molar refractivity (Wildman–Crippen MR) is 116 cm³/mol. The van der Waals surface area contributed by atoms with Gasteiger partial charge in [-0.15, -0.1) is 49.6 Å². The molecule has 24 heavy (non-hydrogen) atoms. The maximum absolute atomic E-state index is 9.93. The van der Waals surface area contributed by atoms with Crippen LogP contribution in [0.4, 0.5) is 0 Å². The highest BCUT2D eigenvalue weighted by molar-refractivity contribution is 9.10. The lowest BCUT2D eigenvalue weighted by Crippen LogP contribution is -2.36. The summed E-state index contributed by atoms with van der Waals surface area (Å²) in [5.74, 6) is 0.726. The predicted octanol–water partition coefficient (Wildman–Crippen LogP) is 2.10. The van der Waals surface area contributed by atoms with E-state index in [4.69, 9.17) is 11.5 Å². The van der Waals surface area contributed by atoms with E-state index in [1.54, 1.807) is 6.07 Å². The van der Waals surface area contributed by atoms with Crippen LogP contribution in [0.3, 0.4) is 0 Å². The van der Waals surface area contributed by atoms with E-state index in [9.17, 15) is 5.11 Å². The number of phenols is 1. The highest BCUT2D eigenvalue weighted by Crippen LogP contribution is 2.24. The van der Waals surface area contributed by atoms with Crippen LogP contribution in [0, 0.1) is 5.92 Å². The maximum atomic E-state index is 9.93. The van der Waals surface area contributed by atoms with E-state index in [-0.39, 0.29) is 49.6 Å². The van der Waals surface area contributed by atoms with Crippen molar-refractivity contribution in [2.75, 3.05) is 39.3 Å². The number of benzene rings is 1. The third kappa shape index (κ3) is 13.8. The summed E-state index contributed by atoms with van der Waals surface area (Å²) < 4.78 is 0.980. The Morgan fingerprint density at radius 1 is 0.958 bits per heavy atom. The Morgan fingerprint density at radius 2 is 1.46 bits per heavy atom. The lowest BCUT2D eigenvalue weighted by Gasteiger charge is -2.19. The molecule has 0 amide bonds. The molecule has 7 N–H and O–H groups in total. The monoisotopic (exact) mass is 488 g/mol. The molecule has 0 unspecified atom stereocenters. The summed E-state index contributed by atoms with van der Waals surface area (Å²) in [4.78, 5) is 0. The SMILES string of the molecule is Cl.Cl.Cl.Cl.NCCNCC(CNCCN)Cc1cc(Br)ccc1O. The van der Waals surface area contributed by atoms with Gasteiger partial charge in [0.2, 0.25) is 0 Å². The van der Waals surface area contributed by atoms with Gasteiger partial charge in [-0.05, 0) is 49.2 Å². The normalized spacial score (nSPS) is 9.33. The summed E-state index contributed by atoms with van der Waals surface area (Å²) >= 11 is 3.44. The van der Waals surface area contributed by atoms with Gasteiger partial charge in [0.25, 0.3) is 0 Å². The molecule has 0 aromatic heterocycles. The lowest BCUT2D eigenvalue weighted by molar-refractivity contribution is 0.425. The van der Waals surface area contributed by atoms with Crippen LogP contribution in [0.15, 0.2) is 22.7 Å². The Kier molecular flexibility index (Phi) is 26.6. The van der Waals surface area contributed by atoms with Crippen molar-refractivity contribution in [2.45, 2.75) is 6.42 Å². The van der Waals surface area contributed by atoms with Crippen LogP contribution in [0.2, 0.25) is 0 Å². The van der Waals surface area contributed by atoms with E-state index in [2.05, 4.69) is 26.6 Å². The molecule has 0 aliphatic carbocycles. The third-order valence-electron chi connectivity index (χ3n) is 3.06. The van der Waals surface area contributed by atoms with Gasteiger partial charge in [0.15, 0.2) is 0 Å². The molecule has 10 heteroatoms. The van der Waals surface area contributed by atoms with E-state index >= 15 is 0 Å². The molecule has 0 atom stereocenters. The first-order valence-corrected chi connectivity index (χ1v) is 7.75. The van der Waals surface area contributed by atoms with Gasteiger partial charge in [0.05, 0.1) is 0 Å². The second-order valence-corrected chi connectivity index (χ2v) is 5.74. The summed E-state index contributed by atoms with van der Waals surface area (Å²) in [6.45, 7) is 4.59. The average Bonchev–Trinajstić information content (AvgIpc) is 2.43. The second-order valence-electron chi connectivity index (χ2n) is 4.83.